The molecule has 0 spiro atoms. The summed E-state index contributed by atoms with van der Waals surface area (Å²) in [7, 11) is 1.62. The summed E-state index contributed by atoms with van der Waals surface area (Å²) in [5.41, 5.74) is 3.14. The molecule has 1 aliphatic carbocycles. The van der Waals surface area contributed by atoms with Crippen molar-refractivity contribution >= 4 is 11.3 Å². The topological polar surface area (TPSA) is 113 Å². The second kappa shape index (κ2) is 11.8. The molecule has 4 aliphatic rings. The molecule has 0 radical (unpaired) electrons. The average molecular weight is 607 g/mol. The SMILES string of the molecule is COc1ccc(OC2CC3CN(c4ccc(-c5cc(OCCN6C7CCC6CNC7)cn6ncc(C#N)c56)cn4)CC3C2)cn1. The van der Waals surface area contributed by atoms with Crippen molar-refractivity contribution in [1.29, 1.82) is 5.26 Å². The van der Waals surface area contributed by atoms with Crippen LogP contribution in [0.25, 0.3) is 16.6 Å². The molecule has 4 atom stereocenters. The third kappa shape index (κ3) is 5.42. The fraction of sp³-hybridized carbons (Fsp3) is 0.471. The highest BCUT2D eigenvalue weighted by Crippen LogP contribution is 2.41. The van der Waals surface area contributed by atoms with E-state index in [4.69, 9.17) is 19.2 Å². The number of nitrogens with one attached hydrogen (secondary N) is 1. The van der Waals surface area contributed by atoms with Crippen LogP contribution < -0.4 is 24.4 Å². The minimum atomic E-state index is 0.210. The molecule has 2 bridgehead atoms. The molecule has 4 unspecified atom stereocenters. The molecule has 232 valence electrons. The van der Waals surface area contributed by atoms with Gasteiger partial charge >= 0.3 is 0 Å². The second-order valence-corrected chi connectivity index (χ2v) is 12.8. The van der Waals surface area contributed by atoms with E-state index in [0.29, 0.717) is 42.0 Å². The molecule has 1 saturated carbocycles. The van der Waals surface area contributed by atoms with E-state index >= 15 is 0 Å². The van der Waals surface area contributed by atoms with Gasteiger partial charge in [0.1, 0.15) is 30.0 Å². The number of hydrogen-bond donors (Lipinski definition) is 1. The zero-order valence-electron chi connectivity index (χ0n) is 25.5. The fourth-order valence-electron chi connectivity index (χ4n) is 7.99. The van der Waals surface area contributed by atoms with Crippen LogP contribution in [0.5, 0.6) is 17.4 Å². The molecule has 0 amide bonds. The first kappa shape index (κ1) is 28.1. The van der Waals surface area contributed by atoms with Crippen LogP contribution in [0.3, 0.4) is 0 Å². The van der Waals surface area contributed by atoms with Crippen LogP contribution >= 0.6 is 0 Å². The van der Waals surface area contributed by atoms with Gasteiger partial charge in [-0.1, -0.05) is 0 Å². The molecule has 7 heterocycles. The number of fused-ring (bicyclic) bond motifs is 4. The van der Waals surface area contributed by atoms with Gasteiger partial charge in [0.15, 0.2) is 0 Å². The van der Waals surface area contributed by atoms with Gasteiger partial charge in [-0.3, -0.25) is 4.90 Å². The Hall–Kier alpha value is -4.40. The van der Waals surface area contributed by atoms with Gasteiger partial charge in [0.05, 0.1) is 42.9 Å². The van der Waals surface area contributed by atoms with Crippen LogP contribution in [0.1, 0.15) is 31.2 Å². The van der Waals surface area contributed by atoms with Crippen molar-refractivity contribution in [2.75, 3.05) is 51.3 Å². The molecule has 8 rings (SSSR count). The molecule has 11 heteroatoms. The van der Waals surface area contributed by atoms with E-state index in [-0.39, 0.29) is 6.10 Å². The highest BCUT2D eigenvalue weighted by molar-refractivity contribution is 5.85. The van der Waals surface area contributed by atoms with Crippen molar-refractivity contribution in [2.45, 2.75) is 43.9 Å². The second-order valence-electron chi connectivity index (χ2n) is 12.8. The standard InChI is InChI=1S/C34H38N8O3/c1-43-33-7-5-28(18-38-33)45-29-10-23-19-40(20-24(23)11-29)32-6-2-22(14-37-32)31-12-30(21-42-34(31)25(13-35)15-39-42)44-9-8-41-26-3-4-27(41)17-36-16-26/h2,5-7,12,14-15,18,21,23-24,26-27,29,36H,3-4,8-11,16-17,19-20H2,1H3. The van der Waals surface area contributed by atoms with Crippen molar-refractivity contribution in [3.63, 3.8) is 0 Å². The number of nitrogens with zero attached hydrogens (tertiary/aromatic N) is 7. The van der Waals surface area contributed by atoms with Gasteiger partial charge < -0.3 is 24.4 Å². The van der Waals surface area contributed by atoms with Gasteiger partial charge in [0.25, 0.3) is 0 Å². The lowest BCUT2D eigenvalue weighted by Gasteiger charge is -2.35. The van der Waals surface area contributed by atoms with E-state index in [9.17, 15) is 5.26 Å². The van der Waals surface area contributed by atoms with Gasteiger partial charge in [-0.2, -0.15) is 10.4 Å². The summed E-state index contributed by atoms with van der Waals surface area (Å²) < 4.78 is 19.5. The molecule has 3 saturated heterocycles. The number of methoxy groups -OCH3 is 1. The van der Waals surface area contributed by atoms with Crippen LogP contribution in [0.4, 0.5) is 5.82 Å². The zero-order chi connectivity index (χ0) is 30.3. The number of pyridine rings is 3. The summed E-state index contributed by atoms with van der Waals surface area (Å²) in [6.45, 7) is 5.60. The van der Waals surface area contributed by atoms with Crippen LogP contribution in [0, 0.1) is 23.2 Å². The first-order chi connectivity index (χ1) is 22.1. The van der Waals surface area contributed by atoms with E-state index in [1.165, 1.54) is 12.8 Å². The molecule has 0 aromatic carbocycles. The predicted molar refractivity (Wildman–Crippen MR) is 169 cm³/mol. The van der Waals surface area contributed by atoms with Crippen molar-refractivity contribution in [1.82, 2.24) is 29.8 Å². The van der Waals surface area contributed by atoms with Gasteiger partial charge in [0, 0.05) is 68.2 Å². The Balaban J connectivity index is 0.940. The Morgan fingerprint density at radius 3 is 2.49 bits per heavy atom. The molecule has 4 aromatic heterocycles. The van der Waals surface area contributed by atoms with Crippen molar-refractivity contribution in [3.8, 4) is 34.6 Å². The first-order valence-corrected chi connectivity index (χ1v) is 16.0. The average Bonchev–Trinajstić information content (AvgIpc) is 3.81. The van der Waals surface area contributed by atoms with Crippen LogP contribution in [0.2, 0.25) is 0 Å². The highest BCUT2D eigenvalue weighted by atomic mass is 16.5. The maximum atomic E-state index is 9.81. The fourth-order valence-corrected chi connectivity index (χ4v) is 7.99. The summed E-state index contributed by atoms with van der Waals surface area (Å²) >= 11 is 0. The predicted octanol–water partition coefficient (Wildman–Crippen LogP) is 3.78. The Bertz CT molecular complexity index is 1670. The maximum Gasteiger partial charge on any atom is 0.213 e. The third-order valence-electron chi connectivity index (χ3n) is 10.2. The van der Waals surface area contributed by atoms with E-state index in [2.05, 4.69) is 43.4 Å². The van der Waals surface area contributed by atoms with Crippen LogP contribution in [0.15, 0.2) is 55.1 Å². The smallest absolute Gasteiger partial charge is 0.213 e. The highest BCUT2D eigenvalue weighted by Gasteiger charge is 2.42. The summed E-state index contributed by atoms with van der Waals surface area (Å²) in [6, 6.07) is 13.5. The van der Waals surface area contributed by atoms with Crippen molar-refractivity contribution in [3.05, 3.63) is 60.7 Å². The monoisotopic (exact) mass is 606 g/mol. The number of nitriles is 1. The minimum absolute atomic E-state index is 0.210. The van der Waals surface area contributed by atoms with Gasteiger partial charge in [-0.15, -0.1) is 0 Å². The lowest BCUT2D eigenvalue weighted by Crippen LogP contribution is -2.52. The van der Waals surface area contributed by atoms with Gasteiger partial charge in [-0.05, 0) is 61.8 Å². The Labute approximate surface area is 262 Å². The van der Waals surface area contributed by atoms with Crippen molar-refractivity contribution < 1.29 is 14.2 Å². The quantitative estimate of drug-likeness (QED) is 0.302. The molecule has 11 nitrogen and oxygen atoms in total. The maximum absolute atomic E-state index is 9.81. The summed E-state index contributed by atoms with van der Waals surface area (Å²) in [5, 5.41) is 17.8. The number of rotatable bonds is 9. The molecular weight excluding hydrogens is 568 g/mol. The number of piperazine rings is 1. The van der Waals surface area contributed by atoms with E-state index in [1.807, 2.05) is 30.6 Å². The van der Waals surface area contributed by atoms with Crippen LogP contribution in [-0.4, -0.2) is 89.1 Å². The third-order valence-corrected chi connectivity index (χ3v) is 10.2. The Morgan fingerprint density at radius 2 is 1.80 bits per heavy atom. The summed E-state index contributed by atoms with van der Waals surface area (Å²) in [6.07, 6.45) is 11.9. The zero-order valence-corrected chi connectivity index (χ0v) is 25.5. The Kier molecular flexibility index (Phi) is 7.39. The molecule has 45 heavy (non-hydrogen) atoms. The first-order valence-electron chi connectivity index (χ1n) is 16.0. The summed E-state index contributed by atoms with van der Waals surface area (Å²) in [4.78, 5) is 14.1. The molecule has 3 aliphatic heterocycles. The molecule has 4 aromatic rings. The number of anilines is 1. The van der Waals surface area contributed by atoms with Crippen molar-refractivity contribution in [2.24, 2.45) is 11.8 Å². The summed E-state index contributed by atoms with van der Waals surface area (Å²) in [5.74, 6) is 4.27. The number of hydrogen-bond acceptors (Lipinski definition) is 10. The van der Waals surface area contributed by atoms with E-state index < -0.39 is 0 Å². The number of ether oxygens (including phenoxy) is 3. The molecule has 4 fully saturated rings. The van der Waals surface area contributed by atoms with E-state index in [0.717, 1.165) is 79.5 Å². The largest absolute Gasteiger partial charge is 0.491 e. The van der Waals surface area contributed by atoms with Gasteiger partial charge in [-0.25, -0.2) is 14.5 Å². The lowest BCUT2D eigenvalue weighted by atomic mass is 10.0. The Morgan fingerprint density at radius 1 is 0.978 bits per heavy atom. The molecular formula is C34H38N8O3. The van der Waals surface area contributed by atoms with E-state index in [1.54, 1.807) is 24.0 Å². The normalized spacial score (nSPS) is 25.8. The number of aromatic nitrogens is 4. The molecule has 1 N–H and O–H groups in total. The lowest BCUT2D eigenvalue weighted by molar-refractivity contribution is 0.127. The van der Waals surface area contributed by atoms with Crippen LogP contribution in [-0.2, 0) is 0 Å². The van der Waals surface area contributed by atoms with Gasteiger partial charge in [0.2, 0.25) is 5.88 Å². The minimum Gasteiger partial charge on any atom is -0.491 e.